The molecule has 0 saturated carbocycles. The Bertz CT molecular complexity index is 807. The lowest BCUT2D eigenvalue weighted by Gasteiger charge is -2.11. The maximum Gasteiger partial charge on any atom is 0.262 e. The van der Waals surface area contributed by atoms with Gasteiger partial charge in [-0.1, -0.05) is 18.3 Å². The molecule has 1 aromatic carbocycles. The number of nitrogens with zero attached hydrogens (tertiary/aromatic N) is 1. The van der Waals surface area contributed by atoms with Crippen LogP contribution in [-0.4, -0.2) is 18.4 Å². The topological polar surface area (TPSA) is 85.1 Å². The molecule has 0 atom stereocenters. The smallest absolute Gasteiger partial charge is 0.262 e. The van der Waals surface area contributed by atoms with Gasteiger partial charge in [-0.15, -0.1) is 0 Å². The summed E-state index contributed by atoms with van der Waals surface area (Å²) in [6.07, 6.45) is 2.23. The van der Waals surface area contributed by atoms with E-state index in [2.05, 4.69) is 9.71 Å². The van der Waals surface area contributed by atoms with Gasteiger partial charge in [-0.05, 0) is 30.7 Å². The molecule has 8 heteroatoms. The largest absolute Gasteiger partial charge is 0.389 e. The van der Waals surface area contributed by atoms with Crippen LogP contribution in [0.5, 0.6) is 0 Å². The number of sulfonamides is 1. The van der Waals surface area contributed by atoms with Crippen LogP contribution >= 0.6 is 12.2 Å². The number of aryl methyl sites for hydroxylation is 1. The Morgan fingerprint density at radius 1 is 1.38 bits per heavy atom. The van der Waals surface area contributed by atoms with E-state index in [1.165, 1.54) is 24.4 Å². The zero-order valence-corrected chi connectivity index (χ0v) is 12.6. The van der Waals surface area contributed by atoms with E-state index >= 15 is 0 Å². The summed E-state index contributed by atoms with van der Waals surface area (Å²) in [4.78, 5) is 3.76. The Hall–Kier alpha value is -2.06. The molecule has 2 aromatic rings. The van der Waals surface area contributed by atoms with Crippen molar-refractivity contribution in [1.82, 2.24) is 4.98 Å². The predicted octanol–water partition coefficient (Wildman–Crippen LogP) is 1.96. The summed E-state index contributed by atoms with van der Waals surface area (Å²) in [6.45, 7) is 1.61. The van der Waals surface area contributed by atoms with Gasteiger partial charge in [-0.3, -0.25) is 9.71 Å². The fourth-order valence-electron chi connectivity index (χ4n) is 1.76. The lowest BCUT2D eigenvalue weighted by molar-refractivity contribution is 0.597. The van der Waals surface area contributed by atoms with Gasteiger partial charge in [0.2, 0.25) is 0 Å². The lowest BCUT2D eigenvalue weighted by Crippen LogP contribution is -2.16. The average molecular weight is 325 g/mol. The predicted molar refractivity (Wildman–Crippen MR) is 82.1 cm³/mol. The Morgan fingerprint density at radius 3 is 2.67 bits per heavy atom. The Balaban J connectivity index is 2.41. The van der Waals surface area contributed by atoms with E-state index in [4.69, 9.17) is 18.0 Å². The molecule has 0 spiro atoms. The maximum absolute atomic E-state index is 13.5. The summed E-state index contributed by atoms with van der Waals surface area (Å²) in [5.41, 5.74) is 6.36. The summed E-state index contributed by atoms with van der Waals surface area (Å²) < 4.78 is 40.3. The number of nitrogens with two attached hydrogens (primary N) is 1. The van der Waals surface area contributed by atoms with Crippen LogP contribution in [0, 0.1) is 12.7 Å². The molecule has 0 bridgehead atoms. The highest BCUT2D eigenvalue weighted by atomic mass is 32.2. The third-order valence-corrected chi connectivity index (χ3v) is 4.53. The van der Waals surface area contributed by atoms with Crippen molar-refractivity contribution in [3.63, 3.8) is 0 Å². The van der Waals surface area contributed by atoms with Gasteiger partial charge in [-0.2, -0.15) is 0 Å². The SMILES string of the molecule is Cc1cc(C(N)=S)ccc1S(=O)(=O)Nc1ccncc1F. The Kier molecular flexibility index (Phi) is 4.19. The molecular formula is C13H12FN3O2S2. The molecule has 0 saturated heterocycles. The second kappa shape index (κ2) is 5.74. The zero-order chi connectivity index (χ0) is 15.6. The molecule has 0 radical (unpaired) electrons. The fourth-order valence-corrected chi connectivity index (χ4v) is 3.18. The van der Waals surface area contributed by atoms with Crippen molar-refractivity contribution >= 4 is 32.9 Å². The van der Waals surface area contributed by atoms with Gasteiger partial charge in [0, 0.05) is 11.8 Å². The van der Waals surface area contributed by atoms with Gasteiger partial charge in [0.25, 0.3) is 10.0 Å². The molecule has 110 valence electrons. The number of halogens is 1. The molecule has 1 heterocycles. The van der Waals surface area contributed by atoms with Gasteiger partial charge in [0.15, 0.2) is 5.82 Å². The van der Waals surface area contributed by atoms with Crippen molar-refractivity contribution in [3.05, 3.63) is 53.6 Å². The Morgan fingerprint density at radius 2 is 2.10 bits per heavy atom. The number of pyridine rings is 1. The molecule has 5 nitrogen and oxygen atoms in total. The summed E-state index contributed by atoms with van der Waals surface area (Å²) in [7, 11) is -3.91. The van der Waals surface area contributed by atoms with E-state index in [0.29, 0.717) is 11.1 Å². The summed E-state index contributed by atoms with van der Waals surface area (Å²) in [5.74, 6) is -0.751. The molecule has 1 aromatic heterocycles. The molecular weight excluding hydrogens is 313 g/mol. The second-order valence-corrected chi connectivity index (χ2v) is 6.40. The molecule has 0 unspecified atom stereocenters. The average Bonchev–Trinajstić information content (AvgIpc) is 2.40. The quantitative estimate of drug-likeness (QED) is 0.840. The van der Waals surface area contributed by atoms with Crippen molar-refractivity contribution < 1.29 is 12.8 Å². The van der Waals surface area contributed by atoms with E-state index in [0.717, 1.165) is 6.20 Å². The molecule has 2 rings (SSSR count). The highest BCUT2D eigenvalue weighted by molar-refractivity contribution is 7.92. The van der Waals surface area contributed by atoms with Crippen molar-refractivity contribution in [3.8, 4) is 0 Å². The zero-order valence-electron chi connectivity index (χ0n) is 11.0. The first-order valence-electron chi connectivity index (χ1n) is 5.84. The molecule has 0 aliphatic carbocycles. The molecule has 0 amide bonds. The lowest BCUT2D eigenvalue weighted by atomic mass is 10.1. The van der Waals surface area contributed by atoms with Crippen LogP contribution < -0.4 is 10.5 Å². The van der Waals surface area contributed by atoms with Crippen LogP contribution in [0.4, 0.5) is 10.1 Å². The van der Waals surface area contributed by atoms with E-state index < -0.39 is 15.8 Å². The number of nitrogens with one attached hydrogen (secondary N) is 1. The van der Waals surface area contributed by atoms with Gasteiger partial charge < -0.3 is 5.73 Å². The first kappa shape index (κ1) is 15.3. The minimum Gasteiger partial charge on any atom is -0.389 e. The van der Waals surface area contributed by atoms with E-state index in [1.54, 1.807) is 13.0 Å². The highest BCUT2D eigenvalue weighted by Gasteiger charge is 2.19. The Labute approximate surface area is 127 Å². The van der Waals surface area contributed by atoms with Gasteiger partial charge in [0.05, 0.1) is 16.8 Å². The number of anilines is 1. The number of thiocarbonyl (C=S) groups is 1. The number of rotatable bonds is 4. The van der Waals surface area contributed by atoms with Gasteiger partial charge in [-0.25, -0.2) is 12.8 Å². The highest BCUT2D eigenvalue weighted by Crippen LogP contribution is 2.21. The van der Waals surface area contributed by atoms with Crippen molar-refractivity contribution in [2.75, 3.05) is 4.72 Å². The van der Waals surface area contributed by atoms with E-state index in [1.807, 2.05) is 0 Å². The summed E-state index contributed by atoms with van der Waals surface area (Å²) >= 11 is 4.84. The third kappa shape index (κ3) is 3.34. The van der Waals surface area contributed by atoms with Crippen LogP contribution in [0.15, 0.2) is 41.6 Å². The molecule has 0 aliphatic rings. The molecule has 0 fully saturated rings. The van der Waals surface area contributed by atoms with E-state index in [-0.39, 0.29) is 15.6 Å². The van der Waals surface area contributed by atoms with Gasteiger partial charge in [0.1, 0.15) is 4.99 Å². The van der Waals surface area contributed by atoms with E-state index in [9.17, 15) is 12.8 Å². The van der Waals surface area contributed by atoms with Crippen LogP contribution in [0.3, 0.4) is 0 Å². The summed E-state index contributed by atoms with van der Waals surface area (Å²) in [5, 5.41) is 0. The van der Waals surface area contributed by atoms with Crippen LogP contribution in [0.25, 0.3) is 0 Å². The first-order valence-corrected chi connectivity index (χ1v) is 7.73. The normalized spacial score (nSPS) is 11.1. The van der Waals surface area contributed by atoms with Crippen molar-refractivity contribution in [2.24, 2.45) is 5.73 Å². The van der Waals surface area contributed by atoms with Crippen molar-refractivity contribution in [1.29, 1.82) is 0 Å². The van der Waals surface area contributed by atoms with Crippen LogP contribution in [0.1, 0.15) is 11.1 Å². The standard InChI is InChI=1S/C13H12FN3O2S2/c1-8-6-9(13(15)20)2-3-12(8)21(18,19)17-11-4-5-16-7-10(11)14/h2-7H,1H3,(H2,15,20)(H,16,17). The van der Waals surface area contributed by atoms with Crippen molar-refractivity contribution in [2.45, 2.75) is 11.8 Å². The maximum atomic E-state index is 13.5. The minimum atomic E-state index is -3.91. The monoisotopic (exact) mass is 325 g/mol. The van der Waals surface area contributed by atoms with Crippen LogP contribution in [-0.2, 0) is 10.0 Å². The first-order chi connectivity index (χ1) is 9.81. The number of aromatic nitrogens is 1. The van der Waals surface area contributed by atoms with Crippen LogP contribution in [0.2, 0.25) is 0 Å². The minimum absolute atomic E-state index is 0.0266. The summed E-state index contributed by atoms with van der Waals surface area (Å²) in [6, 6.07) is 5.70. The number of hydrogen-bond acceptors (Lipinski definition) is 4. The van der Waals surface area contributed by atoms with Gasteiger partial charge >= 0.3 is 0 Å². The third-order valence-electron chi connectivity index (χ3n) is 2.77. The molecule has 0 aliphatic heterocycles. The number of hydrogen-bond donors (Lipinski definition) is 2. The second-order valence-electron chi connectivity index (χ2n) is 4.31. The number of benzene rings is 1. The fraction of sp³-hybridized carbons (Fsp3) is 0.0769. The molecule has 21 heavy (non-hydrogen) atoms. The molecule has 3 N–H and O–H groups in total.